The standard InChI is InChI=1S/C20H17N3O2/c24-18(15-10-9-13-5-1-2-6-14(13)11-15)12-21-20-22-17-8-4-3-7-16(17)19(25)23-20/h1-11,18,24H,12H2,(H2,21,22,23,25)/t18-/m0/s1. The molecule has 0 aliphatic heterocycles. The van der Waals surface area contributed by atoms with Crippen LogP contribution in [0, 0.1) is 0 Å². The maximum Gasteiger partial charge on any atom is 0.260 e. The summed E-state index contributed by atoms with van der Waals surface area (Å²) in [4.78, 5) is 19.1. The van der Waals surface area contributed by atoms with Gasteiger partial charge in [-0.2, -0.15) is 0 Å². The van der Waals surface area contributed by atoms with Gasteiger partial charge < -0.3 is 10.4 Å². The number of aliphatic hydroxyl groups is 1. The molecule has 3 aromatic carbocycles. The molecule has 0 saturated carbocycles. The molecule has 0 radical (unpaired) electrons. The van der Waals surface area contributed by atoms with Gasteiger partial charge in [-0.1, -0.05) is 48.5 Å². The Bertz CT molecular complexity index is 1100. The number of aromatic amines is 1. The van der Waals surface area contributed by atoms with Gasteiger partial charge in [-0.3, -0.25) is 9.78 Å². The van der Waals surface area contributed by atoms with Crippen LogP contribution in [0.25, 0.3) is 21.7 Å². The van der Waals surface area contributed by atoms with E-state index in [1.54, 1.807) is 18.2 Å². The van der Waals surface area contributed by atoms with E-state index in [0.717, 1.165) is 16.3 Å². The predicted octanol–water partition coefficient (Wildman–Crippen LogP) is 3.22. The van der Waals surface area contributed by atoms with Crippen LogP contribution in [0.3, 0.4) is 0 Å². The van der Waals surface area contributed by atoms with Crippen LogP contribution in [0.5, 0.6) is 0 Å². The van der Waals surface area contributed by atoms with Gasteiger partial charge in [0, 0.05) is 6.54 Å². The lowest BCUT2D eigenvalue weighted by Gasteiger charge is -2.13. The minimum atomic E-state index is -0.707. The van der Waals surface area contributed by atoms with Gasteiger partial charge in [0.25, 0.3) is 5.56 Å². The SMILES string of the molecule is O=c1[nH]c(NC[C@H](O)c2ccc3ccccc3c2)nc2ccccc12. The fourth-order valence-electron chi connectivity index (χ4n) is 2.90. The molecule has 5 nitrogen and oxygen atoms in total. The number of fused-ring (bicyclic) bond motifs is 2. The van der Waals surface area contributed by atoms with Crippen molar-refractivity contribution in [3.8, 4) is 0 Å². The van der Waals surface area contributed by atoms with Gasteiger partial charge in [0.2, 0.25) is 5.95 Å². The molecule has 0 aliphatic carbocycles. The van der Waals surface area contributed by atoms with Crippen LogP contribution in [0.4, 0.5) is 5.95 Å². The van der Waals surface area contributed by atoms with Crippen molar-refractivity contribution in [2.24, 2.45) is 0 Å². The highest BCUT2D eigenvalue weighted by Crippen LogP contribution is 2.20. The van der Waals surface area contributed by atoms with Crippen molar-refractivity contribution in [3.05, 3.63) is 82.6 Å². The highest BCUT2D eigenvalue weighted by molar-refractivity contribution is 5.83. The second-order valence-corrected chi connectivity index (χ2v) is 5.93. The summed E-state index contributed by atoms with van der Waals surface area (Å²) in [5.41, 5.74) is 1.23. The molecule has 0 spiro atoms. The Morgan fingerprint density at radius 1 is 1.00 bits per heavy atom. The van der Waals surface area contributed by atoms with Crippen molar-refractivity contribution < 1.29 is 5.11 Å². The van der Waals surface area contributed by atoms with Crippen molar-refractivity contribution in [2.75, 3.05) is 11.9 Å². The topological polar surface area (TPSA) is 78.0 Å². The number of nitrogens with zero attached hydrogens (tertiary/aromatic N) is 1. The maximum absolute atomic E-state index is 12.1. The van der Waals surface area contributed by atoms with Crippen molar-refractivity contribution >= 4 is 27.6 Å². The van der Waals surface area contributed by atoms with Gasteiger partial charge in [-0.25, -0.2) is 4.98 Å². The summed E-state index contributed by atoms with van der Waals surface area (Å²) in [6, 6.07) is 21.0. The van der Waals surface area contributed by atoms with Crippen LogP contribution in [0.2, 0.25) is 0 Å². The number of anilines is 1. The van der Waals surface area contributed by atoms with Gasteiger partial charge in [0.1, 0.15) is 0 Å². The van der Waals surface area contributed by atoms with Crippen LogP contribution in [0.1, 0.15) is 11.7 Å². The van der Waals surface area contributed by atoms with E-state index in [1.807, 2.05) is 48.5 Å². The summed E-state index contributed by atoms with van der Waals surface area (Å²) in [5.74, 6) is 0.350. The van der Waals surface area contributed by atoms with E-state index in [4.69, 9.17) is 0 Å². The number of aromatic nitrogens is 2. The lowest BCUT2D eigenvalue weighted by Crippen LogP contribution is -2.17. The summed E-state index contributed by atoms with van der Waals surface area (Å²) in [5, 5.41) is 16.2. The maximum atomic E-state index is 12.1. The van der Waals surface area contributed by atoms with E-state index in [0.29, 0.717) is 16.9 Å². The van der Waals surface area contributed by atoms with E-state index in [1.165, 1.54) is 0 Å². The molecular formula is C20H17N3O2. The minimum Gasteiger partial charge on any atom is -0.387 e. The first-order valence-corrected chi connectivity index (χ1v) is 8.10. The average molecular weight is 331 g/mol. The van der Waals surface area contributed by atoms with E-state index in [9.17, 15) is 9.90 Å². The minimum absolute atomic E-state index is 0.201. The monoisotopic (exact) mass is 331 g/mol. The molecule has 0 fully saturated rings. The molecule has 4 rings (SSSR count). The van der Waals surface area contributed by atoms with Crippen molar-refractivity contribution in [2.45, 2.75) is 6.10 Å². The number of nitrogens with one attached hydrogen (secondary N) is 2. The molecule has 0 unspecified atom stereocenters. The number of aliphatic hydroxyl groups excluding tert-OH is 1. The number of rotatable bonds is 4. The van der Waals surface area contributed by atoms with E-state index in [2.05, 4.69) is 15.3 Å². The molecule has 124 valence electrons. The van der Waals surface area contributed by atoms with Gasteiger partial charge in [-0.15, -0.1) is 0 Å². The Hall–Kier alpha value is -3.18. The van der Waals surface area contributed by atoms with Crippen LogP contribution in [0.15, 0.2) is 71.5 Å². The Kier molecular flexibility index (Phi) is 3.91. The largest absolute Gasteiger partial charge is 0.387 e. The smallest absolute Gasteiger partial charge is 0.260 e. The van der Waals surface area contributed by atoms with Crippen LogP contribution in [-0.2, 0) is 0 Å². The van der Waals surface area contributed by atoms with E-state index in [-0.39, 0.29) is 12.1 Å². The van der Waals surface area contributed by atoms with E-state index < -0.39 is 6.10 Å². The number of para-hydroxylation sites is 1. The Morgan fingerprint density at radius 3 is 2.64 bits per heavy atom. The van der Waals surface area contributed by atoms with Crippen molar-refractivity contribution in [1.29, 1.82) is 0 Å². The van der Waals surface area contributed by atoms with Crippen molar-refractivity contribution in [3.63, 3.8) is 0 Å². The third kappa shape index (κ3) is 3.09. The van der Waals surface area contributed by atoms with Gasteiger partial charge in [0.15, 0.2) is 0 Å². The molecule has 5 heteroatoms. The van der Waals surface area contributed by atoms with Crippen LogP contribution in [-0.4, -0.2) is 21.6 Å². The number of H-pyrrole nitrogens is 1. The predicted molar refractivity (Wildman–Crippen MR) is 99.8 cm³/mol. The average Bonchev–Trinajstić information content (AvgIpc) is 2.66. The highest BCUT2D eigenvalue weighted by Gasteiger charge is 2.09. The summed E-state index contributed by atoms with van der Waals surface area (Å²) in [6.45, 7) is 0.250. The van der Waals surface area contributed by atoms with Gasteiger partial charge in [0.05, 0.1) is 17.0 Å². The molecule has 4 aromatic rings. The molecule has 1 heterocycles. The molecule has 25 heavy (non-hydrogen) atoms. The lowest BCUT2D eigenvalue weighted by molar-refractivity contribution is 0.191. The lowest BCUT2D eigenvalue weighted by atomic mass is 10.0. The van der Waals surface area contributed by atoms with E-state index >= 15 is 0 Å². The highest BCUT2D eigenvalue weighted by atomic mass is 16.3. The molecule has 0 bridgehead atoms. The molecular weight excluding hydrogens is 314 g/mol. The zero-order chi connectivity index (χ0) is 17.2. The summed E-state index contributed by atoms with van der Waals surface area (Å²) >= 11 is 0. The van der Waals surface area contributed by atoms with Gasteiger partial charge >= 0.3 is 0 Å². The molecule has 0 saturated heterocycles. The third-order valence-corrected chi connectivity index (χ3v) is 4.23. The third-order valence-electron chi connectivity index (χ3n) is 4.23. The first kappa shape index (κ1) is 15.4. The normalized spacial score (nSPS) is 12.4. The molecule has 1 aromatic heterocycles. The van der Waals surface area contributed by atoms with Crippen molar-refractivity contribution in [1.82, 2.24) is 9.97 Å². The van der Waals surface area contributed by atoms with Crippen LogP contribution < -0.4 is 10.9 Å². The Balaban J connectivity index is 1.54. The Morgan fingerprint density at radius 2 is 1.76 bits per heavy atom. The summed E-state index contributed by atoms with van der Waals surface area (Å²) < 4.78 is 0. The van der Waals surface area contributed by atoms with Gasteiger partial charge in [-0.05, 0) is 34.5 Å². The number of benzene rings is 3. The Labute approximate surface area is 144 Å². The first-order valence-electron chi connectivity index (χ1n) is 8.10. The molecule has 1 atom stereocenters. The quantitative estimate of drug-likeness (QED) is 0.536. The molecule has 0 aliphatic rings. The number of hydrogen-bond acceptors (Lipinski definition) is 4. The fourth-order valence-corrected chi connectivity index (χ4v) is 2.90. The first-order chi connectivity index (χ1) is 12.2. The second kappa shape index (κ2) is 6.37. The fraction of sp³-hybridized carbons (Fsp3) is 0.100. The summed E-state index contributed by atoms with van der Waals surface area (Å²) in [6.07, 6.45) is -0.707. The molecule has 0 amide bonds. The molecule has 3 N–H and O–H groups in total. The summed E-state index contributed by atoms with van der Waals surface area (Å²) in [7, 11) is 0. The zero-order valence-electron chi connectivity index (χ0n) is 13.4. The second-order valence-electron chi connectivity index (χ2n) is 5.93. The van der Waals surface area contributed by atoms with Crippen LogP contribution >= 0.6 is 0 Å². The number of hydrogen-bond donors (Lipinski definition) is 3. The zero-order valence-corrected chi connectivity index (χ0v) is 13.4.